The van der Waals surface area contributed by atoms with Gasteiger partial charge in [0.2, 0.25) is 5.91 Å². The molecule has 4 nitrogen and oxygen atoms in total. The smallest absolute Gasteiger partial charge is 0.228 e. The highest BCUT2D eigenvalue weighted by atomic mass is 19.1. The number of phenolic OH excluding ortho intramolecular Hbond substituents is 1. The fourth-order valence-corrected chi connectivity index (χ4v) is 1.89. The van der Waals surface area contributed by atoms with Gasteiger partial charge in [-0.25, -0.2) is 4.39 Å². The molecular formula is C16H16FNO3. The Hall–Kier alpha value is -2.56. The standard InChI is InChI=1S/C16H16FNO3/c1-2-21-15-8-7-12(10-13(15)17)18-16(20)9-11-5-3-4-6-14(11)19/h3-8,10,19H,2,9H2,1H3,(H,18,20). The van der Waals surface area contributed by atoms with Crippen molar-refractivity contribution in [3.05, 3.63) is 53.8 Å². The predicted molar refractivity (Wildman–Crippen MR) is 78.0 cm³/mol. The molecule has 0 saturated carbocycles. The molecule has 0 aliphatic carbocycles. The summed E-state index contributed by atoms with van der Waals surface area (Å²) in [6.45, 7) is 2.14. The van der Waals surface area contributed by atoms with Crippen LogP contribution < -0.4 is 10.1 Å². The molecule has 0 unspecified atom stereocenters. The van der Waals surface area contributed by atoms with Crippen molar-refractivity contribution < 1.29 is 19.0 Å². The van der Waals surface area contributed by atoms with E-state index in [9.17, 15) is 14.3 Å². The van der Waals surface area contributed by atoms with Crippen LogP contribution in [0, 0.1) is 5.82 Å². The van der Waals surface area contributed by atoms with Crippen molar-refractivity contribution in [2.75, 3.05) is 11.9 Å². The summed E-state index contributed by atoms with van der Waals surface area (Å²) >= 11 is 0. The summed E-state index contributed by atoms with van der Waals surface area (Å²) in [5, 5.41) is 12.2. The Morgan fingerprint density at radius 3 is 2.71 bits per heavy atom. The maximum Gasteiger partial charge on any atom is 0.228 e. The average molecular weight is 289 g/mol. The largest absolute Gasteiger partial charge is 0.508 e. The van der Waals surface area contributed by atoms with E-state index in [4.69, 9.17) is 4.74 Å². The first kappa shape index (κ1) is 14.8. The summed E-state index contributed by atoms with van der Waals surface area (Å²) in [5.74, 6) is -0.654. The molecule has 21 heavy (non-hydrogen) atoms. The van der Waals surface area contributed by atoms with Crippen LogP contribution in [-0.2, 0) is 11.2 Å². The molecule has 110 valence electrons. The number of para-hydroxylation sites is 1. The summed E-state index contributed by atoms with van der Waals surface area (Å²) in [6.07, 6.45) is 0.0154. The lowest BCUT2D eigenvalue weighted by Gasteiger charge is -2.09. The Bertz CT molecular complexity index is 643. The second kappa shape index (κ2) is 6.74. The minimum Gasteiger partial charge on any atom is -0.508 e. The molecule has 0 fully saturated rings. The number of benzene rings is 2. The SMILES string of the molecule is CCOc1ccc(NC(=O)Cc2ccccc2O)cc1F. The van der Waals surface area contributed by atoms with Gasteiger partial charge in [0.1, 0.15) is 5.75 Å². The van der Waals surface area contributed by atoms with Crippen LogP contribution >= 0.6 is 0 Å². The van der Waals surface area contributed by atoms with Gasteiger partial charge in [-0.1, -0.05) is 18.2 Å². The Labute approximate surface area is 122 Å². The lowest BCUT2D eigenvalue weighted by molar-refractivity contribution is -0.115. The zero-order valence-electron chi connectivity index (χ0n) is 11.6. The van der Waals surface area contributed by atoms with Crippen molar-refractivity contribution in [3.63, 3.8) is 0 Å². The molecule has 0 saturated heterocycles. The Morgan fingerprint density at radius 1 is 1.29 bits per heavy atom. The number of aromatic hydroxyl groups is 1. The number of hydrogen-bond acceptors (Lipinski definition) is 3. The second-order valence-electron chi connectivity index (χ2n) is 4.43. The van der Waals surface area contributed by atoms with Gasteiger partial charge in [0.15, 0.2) is 11.6 Å². The van der Waals surface area contributed by atoms with Crippen molar-refractivity contribution in [1.82, 2.24) is 0 Å². The van der Waals surface area contributed by atoms with Crippen LogP contribution in [0.1, 0.15) is 12.5 Å². The average Bonchev–Trinajstić information content (AvgIpc) is 2.44. The summed E-state index contributed by atoms with van der Waals surface area (Å²) in [7, 11) is 0. The van der Waals surface area contributed by atoms with E-state index in [1.165, 1.54) is 18.2 Å². The first-order valence-electron chi connectivity index (χ1n) is 6.59. The Morgan fingerprint density at radius 2 is 2.05 bits per heavy atom. The molecular weight excluding hydrogens is 273 g/mol. The fourth-order valence-electron chi connectivity index (χ4n) is 1.89. The van der Waals surface area contributed by atoms with E-state index >= 15 is 0 Å². The molecule has 0 aromatic heterocycles. The quantitative estimate of drug-likeness (QED) is 0.889. The first-order chi connectivity index (χ1) is 10.1. The van der Waals surface area contributed by atoms with E-state index in [1.54, 1.807) is 31.2 Å². The molecule has 0 atom stereocenters. The maximum absolute atomic E-state index is 13.7. The molecule has 0 aliphatic heterocycles. The third-order valence-electron chi connectivity index (χ3n) is 2.86. The number of anilines is 1. The van der Waals surface area contributed by atoms with Crippen LogP contribution in [0.2, 0.25) is 0 Å². The second-order valence-corrected chi connectivity index (χ2v) is 4.43. The number of amides is 1. The highest BCUT2D eigenvalue weighted by molar-refractivity contribution is 5.92. The van der Waals surface area contributed by atoms with Gasteiger partial charge in [0.05, 0.1) is 13.0 Å². The van der Waals surface area contributed by atoms with E-state index < -0.39 is 5.82 Å². The number of ether oxygens (including phenoxy) is 1. The highest BCUT2D eigenvalue weighted by Gasteiger charge is 2.09. The van der Waals surface area contributed by atoms with E-state index in [2.05, 4.69) is 5.32 Å². The van der Waals surface area contributed by atoms with Crippen LogP contribution in [-0.4, -0.2) is 17.6 Å². The Kier molecular flexibility index (Phi) is 4.77. The van der Waals surface area contributed by atoms with E-state index in [0.29, 0.717) is 17.9 Å². The molecule has 2 N–H and O–H groups in total. The van der Waals surface area contributed by atoms with Gasteiger partial charge in [-0.15, -0.1) is 0 Å². The normalized spacial score (nSPS) is 10.2. The van der Waals surface area contributed by atoms with Crippen molar-refractivity contribution >= 4 is 11.6 Å². The number of carbonyl (C=O) groups is 1. The zero-order valence-corrected chi connectivity index (χ0v) is 11.6. The van der Waals surface area contributed by atoms with Crippen molar-refractivity contribution in [2.24, 2.45) is 0 Å². The van der Waals surface area contributed by atoms with Crippen LogP contribution in [0.3, 0.4) is 0 Å². The van der Waals surface area contributed by atoms with Gasteiger partial charge in [0.25, 0.3) is 0 Å². The Balaban J connectivity index is 2.03. The summed E-state index contributed by atoms with van der Waals surface area (Å²) in [6, 6.07) is 10.8. The zero-order chi connectivity index (χ0) is 15.2. The molecule has 0 bridgehead atoms. The van der Waals surface area contributed by atoms with Gasteiger partial charge in [-0.2, -0.15) is 0 Å². The molecule has 2 aromatic rings. The molecule has 2 rings (SSSR count). The van der Waals surface area contributed by atoms with Gasteiger partial charge in [0, 0.05) is 17.3 Å². The third-order valence-corrected chi connectivity index (χ3v) is 2.86. The topological polar surface area (TPSA) is 58.6 Å². The number of hydrogen-bond donors (Lipinski definition) is 2. The first-order valence-corrected chi connectivity index (χ1v) is 6.59. The lowest BCUT2D eigenvalue weighted by Crippen LogP contribution is -2.14. The van der Waals surface area contributed by atoms with Crippen LogP contribution in [0.25, 0.3) is 0 Å². The number of nitrogens with one attached hydrogen (secondary N) is 1. The number of halogens is 1. The van der Waals surface area contributed by atoms with Gasteiger partial charge in [-0.3, -0.25) is 4.79 Å². The summed E-state index contributed by atoms with van der Waals surface area (Å²) < 4.78 is 18.7. The van der Waals surface area contributed by atoms with Crippen molar-refractivity contribution in [2.45, 2.75) is 13.3 Å². The van der Waals surface area contributed by atoms with E-state index in [-0.39, 0.29) is 23.8 Å². The molecule has 5 heteroatoms. The molecule has 0 spiro atoms. The van der Waals surface area contributed by atoms with Crippen LogP contribution in [0.15, 0.2) is 42.5 Å². The molecule has 0 heterocycles. The summed E-state index contributed by atoms with van der Waals surface area (Å²) in [4.78, 5) is 11.9. The van der Waals surface area contributed by atoms with Crippen molar-refractivity contribution in [3.8, 4) is 11.5 Å². The molecule has 1 amide bonds. The van der Waals surface area contributed by atoms with E-state index in [0.717, 1.165) is 0 Å². The maximum atomic E-state index is 13.7. The predicted octanol–water partition coefficient (Wildman–Crippen LogP) is 3.11. The fraction of sp³-hybridized carbons (Fsp3) is 0.188. The number of rotatable bonds is 5. The van der Waals surface area contributed by atoms with Crippen LogP contribution in [0.5, 0.6) is 11.5 Å². The molecule has 0 aliphatic rings. The monoisotopic (exact) mass is 289 g/mol. The van der Waals surface area contributed by atoms with Crippen LogP contribution in [0.4, 0.5) is 10.1 Å². The number of carbonyl (C=O) groups excluding carboxylic acids is 1. The number of phenols is 1. The minimum absolute atomic E-state index is 0.0154. The molecule has 2 aromatic carbocycles. The third kappa shape index (κ3) is 3.95. The lowest BCUT2D eigenvalue weighted by atomic mass is 10.1. The van der Waals surface area contributed by atoms with Gasteiger partial charge < -0.3 is 15.2 Å². The van der Waals surface area contributed by atoms with Crippen molar-refractivity contribution in [1.29, 1.82) is 0 Å². The highest BCUT2D eigenvalue weighted by Crippen LogP contribution is 2.22. The van der Waals surface area contributed by atoms with E-state index in [1.807, 2.05) is 0 Å². The summed E-state index contributed by atoms with van der Waals surface area (Å²) in [5.41, 5.74) is 0.859. The molecule has 0 radical (unpaired) electrons. The minimum atomic E-state index is -0.530. The van der Waals surface area contributed by atoms with Gasteiger partial charge in [-0.05, 0) is 25.1 Å². The van der Waals surface area contributed by atoms with Gasteiger partial charge >= 0.3 is 0 Å².